The first-order valence-corrected chi connectivity index (χ1v) is 4.93. The van der Waals surface area contributed by atoms with Crippen molar-refractivity contribution in [3.8, 4) is 0 Å². The van der Waals surface area contributed by atoms with Crippen molar-refractivity contribution in [3.05, 3.63) is 47.0 Å². The second-order valence-corrected chi connectivity index (χ2v) is 3.92. The van der Waals surface area contributed by atoms with Crippen LogP contribution in [0, 0.1) is 0 Å². The molecule has 0 fully saturated rings. The van der Waals surface area contributed by atoms with E-state index in [2.05, 4.69) is 31.2 Å². The van der Waals surface area contributed by atoms with Gasteiger partial charge >= 0.3 is 0 Å². The van der Waals surface area contributed by atoms with E-state index in [1.807, 2.05) is 6.07 Å². The summed E-state index contributed by atoms with van der Waals surface area (Å²) in [6.07, 6.45) is 3.18. The summed E-state index contributed by atoms with van der Waals surface area (Å²) < 4.78 is 0. The maximum atomic E-state index is 5.33. The average Bonchev–Trinajstić information content (AvgIpc) is 2.46. The van der Waals surface area contributed by atoms with Crippen molar-refractivity contribution in [2.45, 2.75) is 25.6 Å². The minimum Gasteiger partial charge on any atom is -0.228 e. The van der Waals surface area contributed by atoms with Gasteiger partial charge in [-0.15, -0.1) is 0 Å². The highest BCUT2D eigenvalue weighted by Crippen LogP contribution is 2.35. The molecule has 2 heterocycles. The van der Waals surface area contributed by atoms with Crippen molar-refractivity contribution in [1.82, 2.24) is 0 Å². The highest BCUT2D eigenvalue weighted by Gasteiger charge is 2.30. The van der Waals surface area contributed by atoms with E-state index in [9.17, 15) is 0 Å². The maximum absolute atomic E-state index is 5.33. The van der Waals surface area contributed by atoms with E-state index in [1.54, 1.807) is 0 Å². The lowest BCUT2D eigenvalue weighted by Crippen LogP contribution is -2.19. The molecule has 2 heteroatoms. The topological polar surface area (TPSA) is 18.5 Å². The first-order chi connectivity index (χ1) is 6.84. The Kier molecular flexibility index (Phi) is 1.72. The molecular weight excluding hydrogens is 176 g/mol. The third kappa shape index (κ3) is 1.11. The van der Waals surface area contributed by atoms with Crippen LogP contribution in [0.2, 0.25) is 0 Å². The van der Waals surface area contributed by atoms with Gasteiger partial charge in [-0.25, -0.2) is 9.78 Å². The van der Waals surface area contributed by atoms with Crippen LogP contribution in [0.15, 0.2) is 35.9 Å². The Hall–Kier alpha value is -1.12. The normalized spacial score (nSPS) is 29.4. The molecule has 2 aliphatic heterocycles. The van der Waals surface area contributed by atoms with Crippen LogP contribution in [0.4, 0.5) is 0 Å². The molecule has 72 valence electrons. The van der Waals surface area contributed by atoms with Crippen LogP contribution >= 0.6 is 0 Å². The average molecular weight is 188 g/mol. The Morgan fingerprint density at radius 3 is 2.93 bits per heavy atom. The summed E-state index contributed by atoms with van der Waals surface area (Å²) in [6.45, 7) is 2.10. The van der Waals surface area contributed by atoms with Crippen LogP contribution in [0.3, 0.4) is 0 Å². The van der Waals surface area contributed by atoms with Crippen molar-refractivity contribution in [1.29, 1.82) is 0 Å². The maximum Gasteiger partial charge on any atom is 0.137 e. The lowest BCUT2D eigenvalue weighted by molar-refractivity contribution is -0.341. The molecule has 1 aliphatic carbocycles. The third-order valence-electron chi connectivity index (χ3n) is 2.96. The molecule has 2 bridgehead atoms. The van der Waals surface area contributed by atoms with Gasteiger partial charge in [0.05, 0.1) is 0 Å². The van der Waals surface area contributed by atoms with Crippen molar-refractivity contribution in [2.24, 2.45) is 0 Å². The molecular formula is C12H12O2. The molecule has 0 amide bonds. The summed E-state index contributed by atoms with van der Waals surface area (Å²) in [5.74, 6) is 0. The zero-order valence-corrected chi connectivity index (χ0v) is 8.07. The molecule has 0 saturated heterocycles. The minimum absolute atomic E-state index is 0.00931. The second kappa shape index (κ2) is 2.94. The molecule has 0 aromatic heterocycles. The Bertz CT molecular complexity index is 395. The van der Waals surface area contributed by atoms with Crippen LogP contribution in [0.5, 0.6) is 0 Å². The van der Waals surface area contributed by atoms with Gasteiger partial charge in [0.15, 0.2) is 0 Å². The van der Waals surface area contributed by atoms with Crippen molar-refractivity contribution >= 4 is 0 Å². The summed E-state index contributed by atoms with van der Waals surface area (Å²) >= 11 is 0. The van der Waals surface area contributed by atoms with Crippen LogP contribution < -0.4 is 0 Å². The lowest BCUT2D eigenvalue weighted by Gasteiger charge is -2.21. The molecule has 0 N–H and O–H groups in total. The van der Waals surface area contributed by atoms with E-state index < -0.39 is 0 Å². The van der Waals surface area contributed by atoms with Gasteiger partial charge in [0.1, 0.15) is 12.2 Å². The van der Waals surface area contributed by atoms with Gasteiger partial charge in [0, 0.05) is 6.42 Å². The van der Waals surface area contributed by atoms with Crippen molar-refractivity contribution in [3.63, 3.8) is 0 Å². The van der Waals surface area contributed by atoms with Gasteiger partial charge in [0.25, 0.3) is 0 Å². The Balaban J connectivity index is 2.15. The third-order valence-corrected chi connectivity index (χ3v) is 2.96. The molecule has 2 atom stereocenters. The molecule has 0 spiro atoms. The van der Waals surface area contributed by atoms with Gasteiger partial charge in [-0.3, -0.25) is 0 Å². The Labute approximate surface area is 83.1 Å². The predicted octanol–water partition coefficient (Wildman–Crippen LogP) is 2.56. The molecule has 0 radical (unpaired) electrons. The summed E-state index contributed by atoms with van der Waals surface area (Å²) in [5, 5.41) is 0. The van der Waals surface area contributed by atoms with Gasteiger partial charge in [-0.1, -0.05) is 24.3 Å². The van der Waals surface area contributed by atoms with Crippen molar-refractivity contribution < 1.29 is 9.78 Å². The number of hydrogen-bond donors (Lipinski definition) is 0. The fraction of sp³-hybridized carbons (Fsp3) is 0.333. The van der Waals surface area contributed by atoms with Crippen LogP contribution in [0.1, 0.15) is 24.2 Å². The Morgan fingerprint density at radius 2 is 2.07 bits per heavy atom. The molecule has 3 aliphatic rings. The van der Waals surface area contributed by atoms with E-state index in [-0.39, 0.29) is 12.2 Å². The van der Waals surface area contributed by atoms with E-state index >= 15 is 0 Å². The minimum atomic E-state index is -0.00931. The van der Waals surface area contributed by atoms with Crippen molar-refractivity contribution in [2.75, 3.05) is 0 Å². The van der Waals surface area contributed by atoms with Gasteiger partial charge in [0.2, 0.25) is 0 Å². The largest absolute Gasteiger partial charge is 0.228 e. The quantitative estimate of drug-likeness (QED) is 0.460. The molecule has 0 saturated carbocycles. The molecule has 1 aromatic carbocycles. The summed E-state index contributed by atoms with van der Waals surface area (Å²) in [5.41, 5.74) is 3.86. The molecule has 2 unspecified atom stereocenters. The fourth-order valence-electron chi connectivity index (χ4n) is 2.11. The predicted molar refractivity (Wildman–Crippen MR) is 52.6 cm³/mol. The number of fused-ring (bicyclic) bond motifs is 1. The summed E-state index contributed by atoms with van der Waals surface area (Å²) in [7, 11) is 0. The highest BCUT2D eigenvalue weighted by atomic mass is 17.2. The number of hydrogen-bond acceptors (Lipinski definition) is 2. The molecule has 14 heavy (non-hydrogen) atoms. The zero-order chi connectivity index (χ0) is 9.54. The highest BCUT2D eigenvalue weighted by molar-refractivity contribution is 5.37. The molecule has 2 nitrogen and oxygen atoms in total. The van der Waals surface area contributed by atoms with Gasteiger partial charge in [-0.05, 0) is 29.7 Å². The first kappa shape index (κ1) is 8.21. The summed E-state index contributed by atoms with van der Waals surface area (Å²) in [4.78, 5) is 10.7. The number of rotatable bonds is 0. The van der Waals surface area contributed by atoms with Gasteiger partial charge < -0.3 is 0 Å². The van der Waals surface area contributed by atoms with E-state index in [1.165, 1.54) is 16.7 Å². The monoisotopic (exact) mass is 188 g/mol. The zero-order valence-electron chi connectivity index (χ0n) is 8.07. The van der Waals surface area contributed by atoms with Crippen LogP contribution in [-0.4, -0.2) is 6.10 Å². The van der Waals surface area contributed by atoms with E-state index in [0.29, 0.717) is 0 Å². The van der Waals surface area contributed by atoms with Crippen LogP contribution in [0.25, 0.3) is 0 Å². The molecule has 4 rings (SSSR count). The Morgan fingerprint density at radius 1 is 1.21 bits per heavy atom. The second-order valence-electron chi connectivity index (χ2n) is 3.92. The summed E-state index contributed by atoms with van der Waals surface area (Å²) in [6, 6.07) is 8.38. The lowest BCUT2D eigenvalue weighted by atomic mass is 10.0. The SMILES string of the molecule is CC1=CC2OOC1Cc1ccccc12. The fourth-order valence-corrected chi connectivity index (χ4v) is 2.11. The van der Waals surface area contributed by atoms with E-state index in [0.717, 1.165) is 6.42 Å². The van der Waals surface area contributed by atoms with Gasteiger partial charge in [-0.2, -0.15) is 0 Å². The first-order valence-electron chi connectivity index (χ1n) is 4.93. The smallest absolute Gasteiger partial charge is 0.137 e. The molecule has 1 aromatic rings. The number of benzene rings is 1. The van der Waals surface area contributed by atoms with E-state index in [4.69, 9.17) is 9.78 Å². The van der Waals surface area contributed by atoms with Crippen LogP contribution in [-0.2, 0) is 16.2 Å². The standard InChI is InChI=1S/C12H12O2/c1-8-6-12-10-5-3-2-4-9(10)7-11(8)13-14-12/h2-6,11-12H,7H2,1H3.